The number of rotatable bonds is 10. The van der Waals surface area contributed by atoms with Crippen molar-refractivity contribution in [2.75, 3.05) is 33.4 Å². The lowest BCUT2D eigenvalue weighted by atomic mass is 9.97. The van der Waals surface area contributed by atoms with E-state index in [4.69, 9.17) is 9.47 Å². The number of β-amino-alcohol motifs (C(OH)–C–C–N with tert-alkyl or cyclic N) is 1. The molecule has 6 heteroatoms. The van der Waals surface area contributed by atoms with Gasteiger partial charge in [-0.15, -0.1) is 0 Å². The number of aliphatic hydroxyl groups excluding tert-OH is 1. The Balaban J connectivity index is 1.37. The van der Waals surface area contributed by atoms with E-state index in [9.17, 15) is 9.90 Å². The molecule has 6 nitrogen and oxygen atoms in total. The molecular formula is C24H32N2O4. The van der Waals surface area contributed by atoms with Crippen LogP contribution in [-0.4, -0.2) is 55.4 Å². The Morgan fingerprint density at radius 2 is 1.80 bits per heavy atom. The number of esters is 1. The maximum atomic E-state index is 11.6. The summed E-state index contributed by atoms with van der Waals surface area (Å²) in [6.07, 6.45) is 0.982. The largest absolute Gasteiger partial charge is 0.491 e. The summed E-state index contributed by atoms with van der Waals surface area (Å²) in [5.41, 5.74) is 2.39. The third-order valence-electron chi connectivity index (χ3n) is 5.43. The van der Waals surface area contributed by atoms with Crippen LogP contribution in [0.25, 0.3) is 0 Å². The minimum atomic E-state index is -0.570. The molecule has 1 atom stereocenters. The molecule has 0 amide bonds. The molecule has 0 unspecified atom stereocenters. The molecule has 1 saturated heterocycles. The molecule has 3 rings (SSSR count). The second kappa shape index (κ2) is 11.7. The van der Waals surface area contributed by atoms with Gasteiger partial charge in [0.25, 0.3) is 0 Å². The number of methoxy groups -OCH3 is 1. The highest BCUT2D eigenvalue weighted by molar-refractivity contribution is 5.72. The van der Waals surface area contributed by atoms with Crippen LogP contribution in [0.1, 0.15) is 24.0 Å². The van der Waals surface area contributed by atoms with Crippen LogP contribution in [0.2, 0.25) is 0 Å². The van der Waals surface area contributed by atoms with Gasteiger partial charge in [-0.05, 0) is 49.2 Å². The van der Waals surface area contributed by atoms with E-state index in [1.165, 1.54) is 12.7 Å². The van der Waals surface area contributed by atoms with Gasteiger partial charge in [-0.3, -0.25) is 4.79 Å². The summed E-state index contributed by atoms with van der Waals surface area (Å²) in [4.78, 5) is 13.8. The minimum Gasteiger partial charge on any atom is -0.491 e. The number of hydrogen-bond donors (Lipinski definition) is 2. The van der Waals surface area contributed by atoms with Gasteiger partial charge in [-0.2, -0.15) is 0 Å². The van der Waals surface area contributed by atoms with Crippen molar-refractivity contribution in [1.29, 1.82) is 0 Å². The van der Waals surface area contributed by atoms with E-state index in [1.54, 1.807) is 0 Å². The molecule has 0 aromatic heterocycles. The Bertz CT molecular complexity index is 776. The average molecular weight is 413 g/mol. The van der Waals surface area contributed by atoms with Crippen molar-refractivity contribution in [3.63, 3.8) is 0 Å². The molecule has 0 radical (unpaired) electrons. The highest BCUT2D eigenvalue weighted by atomic mass is 16.5. The predicted molar refractivity (Wildman–Crippen MR) is 116 cm³/mol. The first-order valence-corrected chi connectivity index (χ1v) is 10.6. The molecule has 1 aliphatic rings. The van der Waals surface area contributed by atoms with Gasteiger partial charge in [0.1, 0.15) is 18.5 Å². The fraction of sp³-hybridized carbons (Fsp3) is 0.458. The van der Waals surface area contributed by atoms with E-state index < -0.39 is 6.10 Å². The first-order valence-electron chi connectivity index (χ1n) is 10.6. The maximum Gasteiger partial charge on any atom is 0.308 e. The summed E-state index contributed by atoms with van der Waals surface area (Å²) >= 11 is 0. The number of carbonyl (C=O) groups excluding carboxylic acids is 1. The smallest absolute Gasteiger partial charge is 0.308 e. The van der Waals surface area contributed by atoms with Crippen molar-refractivity contribution < 1.29 is 19.4 Å². The van der Waals surface area contributed by atoms with Crippen molar-refractivity contribution in [1.82, 2.24) is 10.2 Å². The van der Waals surface area contributed by atoms with Crippen LogP contribution in [0.15, 0.2) is 54.6 Å². The Morgan fingerprint density at radius 1 is 1.10 bits per heavy atom. The Morgan fingerprint density at radius 3 is 2.53 bits per heavy atom. The normalized spacial score (nSPS) is 16.2. The van der Waals surface area contributed by atoms with Gasteiger partial charge in [-0.25, -0.2) is 0 Å². The molecule has 2 aromatic carbocycles. The molecule has 2 aromatic rings. The number of benzene rings is 2. The SMILES string of the molecule is COC(=O)C1CCN(C[C@@H](O)COc2cccc(CNCc3ccccc3)c2)CC1. The number of aliphatic hydroxyl groups is 1. The number of nitrogens with zero attached hydrogens (tertiary/aromatic N) is 1. The summed E-state index contributed by atoms with van der Waals surface area (Å²) < 4.78 is 10.6. The highest BCUT2D eigenvalue weighted by Crippen LogP contribution is 2.19. The van der Waals surface area contributed by atoms with Gasteiger partial charge in [0.05, 0.1) is 13.0 Å². The molecule has 30 heavy (non-hydrogen) atoms. The lowest BCUT2D eigenvalue weighted by Crippen LogP contribution is -2.42. The van der Waals surface area contributed by atoms with E-state index in [-0.39, 0.29) is 18.5 Å². The van der Waals surface area contributed by atoms with Crippen LogP contribution in [0.5, 0.6) is 5.75 Å². The summed E-state index contributed by atoms with van der Waals surface area (Å²) in [6, 6.07) is 18.3. The van der Waals surface area contributed by atoms with Crippen molar-refractivity contribution in [3.05, 3.63) is 65.7 Å². The van der Waals surface area contributed by atoms with Gasteiger partial charge < -0.3 is 24.8 Å². The standard InChI is InChI=1S/C24H32N2O4/c1-29-24(28)21-10-12-26(13-11-21)17-22(27)18-30-23-9-5-8-20(14-23)16-25-15-19-6-3-2-4-7-19/h2-9,14,21-22,25,27H,10-13,15-18H2,1H3/t22-/m1/s1. The second-order valence-electron chi connectivity index (χ2n) is 7.80. The summed E-state index contributed by atoms with van der Waals surface area (Å²) in [5, 5.41) is 13.8. The van der Waals surface area contributed by atoms with Crippen molar-refractivity contribution in [2.24, 2.45) is 5.92 Å². The van der Waals surface area contributed by atoms with Gasteiger partial charge in [0.15, 0.2) is 0 Å². The van der Waals surface area contributed by atoms with E-state index in [0.717, 1.165) is 50.3 Å². The second-order valence-corrected chi connectivity index (χ2v) is 7.80. The Kier molecular flexibility index (Phi) is 8.68. The van der Waals surface area contributed by atoms with Gasteiger partial charge in [-0.1, -0.05) is 42.5 Å². The first kappa shape index (κ1) is 22.3. The number of piperidine rings is 1. The fourth-order valence-electron chi connectivity index (χ4n) is 3.75. The zero-order chi connectivity index (χ0) is 21.2. The topological polar surface area (TPSA) is 71.0 Å². The number of likely N-dealkylation sites (tertiary alicyclic amines) is 1. The zero-order valence-corrected chi connectivity index (χ0v) is 17.6. The van der Waals surface area contributed by atoms with Crippen LogP contribution in [0.3, 0.4) is 0 Å². The van der Waals surface area contributed by atoms with Gasteiger partial charge >= 0.3 is 5.97 Å². The van der Waals surface area contributed by atoms with Crippen LogP contribution < -0.4 is 10.1 Å². The minimum absolute atomic E-state index is 0.0158. The molecular weight excluding hydrogens is 380 g/mol. The third kappa shape index (κ3) is 7.13. The van der Waals surface area contributed by atoms with E-state index >= 15 is 0 Å². The lowest BCUT2D eigenvalue weighted by Gasteiger charge is -2.31. The average Bonchev–Trinajstić information content (AvgIpc) is 2.79. The van der Waals surface area contributed by atoms with Gasteiger partial charge in [0, 0.05) is 19.6 Å². The lowest BCUT2D eigenvalue weighted by molar-refractivity contribution is -0.147. The molecule has 0 bridgehead atoms. The predicted octanol–water partition coefficient (Wildman–Crippen LogP) is 2.60. The summed E-state index contributed by atoms with van der Waals surface area (Å²) in [6.45, 7) is 3.95. The fourth-order valence-corrected chi connectivity index (χ4v) is 3.75. The number of hydrogen-bond acceptors (Lipinski definition) is 6. The maximum absolute atomic E-state index is 11.6. The Labute approximate surface area is 178 Å². The molecule has 1 heterocycles. The van der Waals surface area contributed by atoms with E-state index in [2.05, 4.69) is 28.4 Å². The van der Waals surface area contributed by atoms with E-state index in [0.29, 0.717) is 6.54 Å². The number of nitrogens with one attached hydrogen (secondary N) is 1. The number of ether oxygens (including phenoxy) is 2. The molecule has 2 N–H and O–H groups in total. The first-order chi connectivity index (χ1) is 14.6. The van der Waals surface area contributed by atoms with Gasteiger partial charge in [0.2, 0.25) is 0 Å². The summed E-state index contributed by atoms with van der Waals surface area (Å²) in [7, 11) is 1.43. The number of carbonyl (C=O) groups is 1. The van der Waals surface area contributed by atoms with E-state index in [1.807, 2.05) is 36.4 Å². The van der Waals surface area contributed by atoms with Crippen LogP contribution >= 0.6 is 0 Å². The highest BCUT2D eigenvalue weighted by Gasteiger charge is 2.26. The molecule has 1 aliphatic heterocycles. The third-order valence-corrected chi connectivity index (χ3v) is 5.43. The quantitative estimate of drug-likeness (QED) is 0.585. The molecule has 0 saturated carbocycles. The van der Waals surface area contributed by atoms with Crippen LogP contribution in [0.4, 0.5) is 0 Å². The molecule has 1 fully saturated rings. The Hall–Kier alpha value is -2.41. The molecule has 0 aliphatic carbocycles. The van der Waals surface area contributed by atoms with Crippen molar-refractivity contribution in [3.8, 4) is 5.75 Å². The van der Waals surface area contributed by atoms with Crippen LogP contribution in [-0.2, 0) is 22.6 Å². The van der Waals surface area contributed by atoms with Crippen molar-refractivity contribution >= 4 is 5.97 Å². The van der Waals surface area contributed by atoms with Crippen molar-refractivity contribution in [2.45, 2.75) is 32.0 Å². The molecule has 0 spiro atoms. The zero-order valence-electron chi connectivity index (χ0n) is 17.6. The monoisotopic (exact) mass is 412 g/mol. The summed E-state index contributed by atoms with van der Waals surface area (Å²) in [5.74, 6) is 0.618. The molecule has 162 valence electrons. The van der Waals surface area contributed by atoms with Crippen LogP contribution in [0, 0.1) is 5.92 Å².